The molecule has 0 heterocycles. The standard InChI is InChI=1S/C22H20BrNO5S2/c1-16-3-11-20(12-4-16)30(26,27)24(19-9-7-18(8-10-19)22(25)15-23)31(28,29)21-13-5-17(2)6-14-21/h3-14H,15H2,1-2H3. The van der Waals surface area contributed by atoms with Crippen molar-refractivity contribution in [2.75, 3.05) is 9.04 Å². The number of benzene rings is 3. The minimum atomic E-state index is -4.47. The molecule has 0 bridgehead atoms. The summed E-state index contributed by atoms with van der Waals surface area (Å²) in [5.41, 5.74) is 1.92. The molecular weight excluding hydrogens is 502 g/mol. The number of nitrogens with zero attached hydrogens (tertiary/aromatic N) is 1. The Morgan fingerprint density at radius 1 is 0.710 bits per heavy atom. The van der Waals surface area contributed by atoms with Gasteiger partial charge in [-0.15, -0.1) is 0 Å². The van der Waals surface area contributed by atoms with Crippen molar-refractivity contribution in [3.8, 4) is 0 Å². The molecular formula is C22H20BrNO5S2. The summed E-state index contributed by atoms with van der Waals surface area (Å²) in [5.74, 6) is -0.208. The van der Waals surface area contributed by atoms with Crippen LogP contribution in [0.3, 0.4) is 0 Å². The van der Waals surface area contributed by atoms with Crippen LogP contribution in [-0.2, 0) is 20.0 Å². The fourth-order valence-corrected chi connectivity index (χ4v) is 6.88. The van der Waals surface area contributed by atoms with E-state index in [1.165, 1.54) is 48.5 Å². The SMILES string of the molecule is Cc1ccc(S(=O)(=O)N(c2ccc(C(=O)CBr)cc2)S(=O)(=O)c2ccc(C)cc2)cc1. The van der Waals surface area contributed by atoms with Crippen LogP contribution < -0.4 is 3.71 Å². The van der Waals surface area contributed by atoms with Crippen LogP contribution in [0.15, 0.2) is 82.6 Å². The Labute approximate surface area is 190 Å². The third-order valence-corrected chi connectivity index (χ3v) is 9.31. The molecule has 3 rings (SSSR count). The summed E-state index contributed by atoms with van der Waals surface area (Å²) in [6.45, 7) is 3.60. The Morgan fingerprint density at radius 2 is 1.10 bits per heavy atom. The number of rotatable bonds is 7. The van der Waals surface area contributed by atoms with Crippen molar-refractivity contribution in [1.82, 2.24) is 0 Å². The average molecular weight is 522 g/mol. The summed E-state index contributed by atoms with van der Waals surface area (Å²) in [4.78, 5) is 11.6. The van der Waals surface area contributed by atoms with E-state index in [1.54, 1.807) is 38.1 Å². The summed E-state index contributed by atoms with van der Waals surface area (Å²) in [6, 6.07) is 17.3. The Hall–Kier alpha value is -2.49. The number of carbonyl (C=O) groups is 1. The van der Waals surface area contributed by atoms with Crippen molar-refractivity contribution in [2.45, 2.75) is 23.6 Å². The van der Waals surface area contributed by atoms with Crippen LogP contribution in [-0.4, -0.2) is 27.9 Å². The minimum Gasteiger partial charge on any atom is -0.293 e. The molecule has 0 fully saturated rings. The van der Waals surface area contributed by atoms with Crippen LogP contribution in [0.4, 0.5) is 5.69 Å². The molecule has 0 amide bonds. The fourth-order valence-electron chi connectivity index (χ4n) is 2.86. The molecule has 9 heteroatoms. The lowest BCUT2D eigenvalue weighted by Crippen LogP contribution is -2.37. The smallest absolute Gasteiger partial charge is 0.277 e. The van der Waals surface area contributed by atoms with Crippen molar-refractivity contribution >= 4 is 47.4 Å². The third kappa shape index (κ3) is 4.73. The highest BCUT2D eigenvalue weighted by Gasteiger charge is 2.37. The van der Waals surface area contributed by atoms with Crippen LogP contribution in [0.25, 0.3) is 0 Å². The Morgan fingerprint density at radius 3 is 1.45 bits per heavy atom. The van der Waals surface area contributed by atoms with Gasteiger partial charge in [-0.2, -0.15) is 3.71 Å². The Bertz CT molecular complexity index is 1220. The van der Waals surface area contributed by atoms with E-state index in [-0.39, 0.29) is 26.6 Å². The second-order valence-corrected chi connectivity index (χ2v) is 11.3. The molecule has 0 N–H and O–H groups in total. The second-order valence-electron chi connectivity index (χ2n) is 6.94. The van der Waals surface area contributed by atoms with Gasteiger partial charge in [0.25, 0.3) is 20.0 Å². The maximum atomic E-state index is 13.5. The van der Waals surface area contributed by atoms with Gasteiger partial charge in [0.1, 0.15) is 0 Å². The van der Waals surface area contributed by atoms with Gasteiger partial charge >= 0.3 is 0 Å². The number of hydrogen-bond donors (Lipinski definition) is 0. The van der Waals surface area contributed by atoms with Crippen LogP contribution >= 0.6 is 15.9 Å². The lowest BCUT2D eigenvalue weighted by molar-refractivity contribution is 0.102. The number of Topliss-reactive ketones (excluding diaryl/α,β-unsaturated/α-hetero) is 1. The van der Waals surface area contributed by atoms with Crippen LogP contribution in [0.2, 0.25) is 0 Å². The maximum absolute atomic E-state index is 13.5. The molecule has 162 valence electrons. The summed E-state index contributed by atoms with van der Waals surface area (Å²) in [7, 11) is -8.95. The highest BCUT2D eigenvalue weighted by atomic mass is 79.9. The molecule has 31 heavy (non-hydrogen) atoms. The first-order valence-corrected chi connectivity index (χ1v) is 13.2. The van der Waals surface area contributed by atoms with E-state index in [1.807, 2.05) is 0 Å². The van der Waals surface area contributed by atoms with Gasteiger partial charge in [0, 0.05) is 5.56 Å². The zero-order valence-electron chi connectivity index (χ0n) is 16.8. The van der Waals surface area contributed by atoms with E-state index >= 15 is 0 Å². The summed E-state index contributed by atoms with van der Waals surface area (Å²) in [6.07, 6.45) is 0. The molecule has 0 saturated heterocycles. The number of ketones is 1. The van der Waals surface area contributed by atoms with Gasteiger partial charge in [-0.05, 0) is 62.4 Å². The number of anilines is 1. The van der Waals surface area contributed by atoms with Gasteiger partial charge in [0.2, 0.25) is 0 Å². The van der Waals surface area contributed by atoms with Crippen LogP contribution in [0.5, 0.6) is 0 Å². The number of aryl methyl sites for hydroxylation is 2. The third-order valence-electron chi connectivity index (χ3n) is 4.60. The van der Waals surface area contributed by atoms with Gasteiger partial charge in [0.05, 0.1) is 20.8 Å². The fraction of sp³-hybridized carbons (Fsp3) is 0.136. The van der Waals surface area contributed by atoms with E-state index in [4.69, 9.17) is 0 Å². The molecule has 0 spiro atoms. The first-order valence-electron chi connectivity index (χ1n) is 9.20. The lowest BCUT2D eigenvalue weighted by atomic mass is 10.1. The molecule has 0 radical (unpaired) electrons. The lowest BCUT2D eigenvalue weighted by Gasteiger charge is -2.24. The van der Waals surface area contributed by atoms with E-state index in [0.29, 0.717) is 9.27 Å². The zero-order valence-corrected chi connectivity index (χ0v) is 20.0. The molecule has 3 aromatic rings. The molecule has 0 aliphatic carbocycles. The number of alkyl halides is 1. The minimum absolute atomic E-state index is 0.0905. The summed E-state index contributed by atoms with van der Waals surface area (Å²) >= 11 is 3.08. The Balaban J connectivity index is 2.22. The highest BCUT2D eigenvalue weighted by Crippen LogP contribution is 2.31. The normalized spacial score (nSPS) is 11.8. The van der Waals surface area contributed by atoms with E-state index in [0.717, 1.165) is 11.1 Å². The van der Waals surface area contributed by atoms with Gasteiger partial charge in [0.15, 0.2) is 5.78 Å². The Kier molecular flexibility index (Phi) is 6.68. The van der Waals surface area contributed by atoms with Crippen LogP contribution in [0, 0.1) is 13.8 Å². The molecule has 3 aromatic carbocycles. The number of hydrogen-bond acceptors (Lipinski definition) is 5. The van der Waals surface area contributed by atoms with Crippen LogP contribution in [0.1, 0.15) is 21.5 Å². The zero-order chi connectivity index (χ0) is 22.8. The van der Waals surface area contributed by atoms with Gasteiger partial charge < -0.3 is 0 Å². The van der Waals surface area contributed by atoms with Crippen molar-refractivity contribution in [2.24, 2.45) is 0 Å². The average Bonchev–Trinajstić information content (AvgIpc) is 2.74. The summed E-state index contributed by atoms with van der Waals surface area (Å²) < 4.78 is 54.3. The summed E-state index contributed by atoms with van der Waals surface area (Å²) in [5, 5.41) is 0.0966. The monoisotopic (exact) mass is 521 g/mol. The predicted octanol–water partition coefficient (Wildman–Crippen LogP) is 4.47. The van der Waals surface area contributed by atoms with Crippen molar-refractivity contribution in [3.05, 3.63) is 89.5 Å². The van der Waals surface area contributed by atoms with Crippen molar-refractivity contribution in [3.63, 3.8) is 0 Å². The molecule has 0 atom stereocenters. The quantitative estimate of drug-likeness (QED) is 0.338. The van der Waals surface area contributed by atoms with E-state index < -0.39 is 20.0 Å². The van der Waals surface area contributed by atoms with Crippen molar-refractivity contribution < 1.29 is 21.6 Å². The molecule has 0 aliphatic rings. The largest absolute Gasteiger partial charge is 0.293 e. The first-order chi connectivity index (χ1) is 14.6. The van der Waals surface area contributed by atoms with Gasteiger partial charge in [-0.25, -0.2) is 16.8 Å². The second kappa shape index (κ2) is 8.94. The number of halogens is 1. The highest BCUT2D eigenvalue weighted by molar-refractivity contribution is 9.09. The maximum Gasteiger partial charge on any atom is 0.277 e. The predicted molar refractivity (Wildman–Crippen MR) is 124 cm³/mol. The van der Waals surface area contributed by atoms with E-state index in [2.05, 4.69) is 15.9 Å². The molecule has 0 aliphatic heterocycles. The molecule has 0 saturated carbocycles. The topological polar surface area (TPSA) is 88.6 Å². The molecule has 0 unspecified atom stereocenters. The number of sulfonamides is 2. The number of carbonyl (C=O) groups excluding carboxylic acids is 1. The van der Waals surface area contributed by atoms with E-state index in [9.17, 15) is 21.6 Å². The molecule has 0 aromatic heterocycles. The van der Waals surface area contributed by atoms with Gasteiger partial charge in [-0.3, -0.25) is 4.79 Å². The first kappa shape index (κ1) is 23.2. The van der Waals surface area contributed by atoms with Gasteiger partial charge in [-0.1, -0.05) is 51.3 Å². The molecule has 6 nitrogen and oxygen atoms in total. The van der Waals surface area contributed by atoms with Crippen molar-refractivity contribution in [1.29, 1.82) is 0 Å².